The van der Waals surface area contributed by atoms with Crippen molar-refractivity contribution in [3.8, 4) is 5.82 Å². The lowest BCUT2D eigenvalue weighted by molar-refractivity contribution is -0.122. The van der Waals surface area contributed by atoms with E-state index in [-0.39, 0.29) is 11.8 Å². The minimum atomic E-state index is -0.475. The molecule has 2 aromatic heterocycles. The van der Waals surface area contributed by atoms with Crippen LogP contribution in [0, 0.1) is 13.8 Å². The molecule has 0 bridgehead atoms. The number of amides is 2. The SMILES string of the molecule is Cc1nn(-c2ccc(NC(=O)[C@@H]3CCC(=O)N3)cn2)c(C)c1Cl. The molecule has 0 unspecified atom stereocenters. The number of halogens is 1. The smallest absolute Gasteiger partial charge is 0.247 e. The highest BCUT2D eigenvalue weighted by Crippen LogP contribution is 2.22. The minimum absolute atomic E-state index is 0.0972. The molecule has 23 heavy (non-hydrogen) atoms. The van der Waals surface area contributed by atoms with Crippen LogP contribution in [-0.4, -0.2) is 32.6 Å². The average molecular weight is 334 g/mol. The summed E-state index contributed by atoms with van der Waals surface area (Å²) in [7, 11) is 0. The number of rotatable bonds is 3. The summed E-state index contributed by atoms with van der Waals surface area (Å²) in [4.78, 5) is 27.5. The zero-order valence-corrected chi connectivity index (χ0v) is 13.5. The Hall–Kier alpha value is -2.41. The molecule has 7 nitrogen and oxygen atoms in total. The Labute approximate surface area is 138 Å². The van der Waals surface area contributed by atoms with Gasteiger partial charge in [-0.05, 0) is 32.4 Å². The number of hydrogen-bond acceptors (Lipinski definition) is 4. The van der Waals surface area contributed by atoms with Crippen LogP contribution in [0.15, 0.2) is 18.3 Å². The Morgan fingerprint density at radius 1 is 1.43 bits per heavy atom. The van der Waals surface area contributed by atoms with Crippen LogP contribution >= 0.6 is 11.6 Å². The molecule has 0 aliphatic carbocycles. The third kappa shape index (κ3) is 3.05. The zero-order chi connectivity index (χ0) is 16.6. The van der Waals surface area contributed by atoms with Crippen molar-refractivity contribution >= 4 is 29.1 Å². The molecule has 8 heteroatoms. The number of aromatic nitrogens is 3. The summed E-state index contributed by atoms with van der Waals surface area (Å²) in [5.41, 5.74) is 2.11. The van der Waals surface area contributed by atoms with Crippen LogP contribution in [0.2, 0.25) is 5.02 Å². The quantitative estimate of drug-likeness (QED) is 0.895. The Morgan fingerprint density at radius 2 is 2.22 bits per heavy atom. The van der Waals surface area contributed by atoms with Crippen molar-refractivity contribution in [1.82, 2.24) is 20.1 Å². The molecule has 2 N–H and O–H groups in total. The second-order valence-electron chi connectivity index (χ2n) is 5.45. The van der Waals surface area contributed by atoms with Gasteiger partial charge in [0.15, 0.2) is 5.82 Å². The van der Waals surface area contributed by atoms with Crippen LogP contribution in [0.1, 0.15) is 24.2 Å². The first-order valence-electron chi connectivity index (χ1n) is 7.24. The molecule has 1 aliphatic rings. The number of aryl methyl sites for hydroxylation is 1. The van der Waals surface area contributed by atoms with E-state index < -0.39 is 6.04 Å². The van der Waals surface area contributed by atoms with Crippen LogP contribution in [0.3, 0.4) is 0 Å². The van der Waals surface area contributed by atoms with Crippen molar-refractivity contribution in [1.29, 1.82) is 0 Å². The van der Waals surface area contributed by atoms with Crippen molar-refractivity contribution in [3.05, 3.63) is 34.7 Å². The fourth-order valence-corrected chi connectivity index (χ4v) is 2.59. The van der Waals surface area contributed by atoms with Crippen LogP contribution in [0.25, 0.3) is 5.82 Å². The van der Waals surface area contributed by atoms with E-state index in [2.05, 4.69) is 20.7 Å². The van der Waals surface area contributed by atoms with Crippen LogP contribution in [-0.2, 0) is 9.59 Å². The predicted molar refractivity (Wildman–Crippen MR) is 85.6 cm³/mol. The lowest BCUT2D eigenvalue weighted by atomic mass is 10.2. The molecule has 120 valence electrons. The molecule has 3 rings (SSSR count). The van der Waals surface area contributed by atoms with Crippen LogP contribution in [0.4, 0.5) is 5.69 Å². The molecule has 2 amide bonds. The second kappa shape index (κ2) is 6.00. The second-order valence-corrected chi connectivity index (χ2v) is 5.83. The summed E-state index contributed by atoms with van der Waals surface area (Å²) >= 11 is 6.13. The number of nitrogens with one attached hydrogen (secondary N) is 2. The van der Waals surface area contributed by atoms with Gasteiger partial charge in [-0.25, -0.2) is 9.67 Å². The van der Waals surface area contributed by atoms with E-state index in [0.29, 0.717) is 29.4 Å². The van der Waals surface area contributed by atoms with E-state index in [1.165, 1.54) is 0 Å². The van der Waals surface area contributed by atoms with Gasteiger partial charge < -0.3 is 10.6 Å². The summed E-state index contributed by atoms with van der Waals surface area (Å²) in [6, 6.07) is 3.01. The maximum absolute atomic E-state index is 12.0. The fraction of sp³-hybridized carbons (Fsp3) is 0.333. The van der Waals surface area contributed by atoms with Gasteiger partial charge in [0.1, 0.15) is 6.04 Å². The summed E-state index contributed by atoms with van der Waals surface area (Å²) < 4.78 is 1.65. The third-order valence-electron chi connectivity index (χ3n) is 3.75. The predicted octanol–water partition coefficient (Wildman–Crippen LogP) is 1.75. The normalized spacial score (nSPS) is 17.2. The van der Waals surface area contributed by atoms with Gasteiger partial charge in [0.2, 0.25) is 11.8 Å². The number of carbonyl (C=O) groups is 2. The third-order valence-corrected chi connectivity index (χ3v) is 4.29. The molecule has 1 atom stereocenters. The maximum Gasteiger partial charge on any atom is 0.247 e. The highest BCUT2D eigenvalue weighted by molar-refractivity contribution is 6.31. The summed E-state index contributed by atoms with van der Waals surface area (Å²) in [5.74, 6) is 0.282. The summed E-state index contributed by atoms with van der Waals surface area (Å²) in [6.07, 6.45) is 2.45. The molecule has 0 aromatic carbocycles. The number of pyridine rings is 1. The maximum atomic E-state index is 12.0. The van der Waals surface area contributed by atoms with Gasteiger partial charge in [0.05, 0.1) is 28.3 Å². The lowest BCUT2D eigenvalue weighted by Gasteiger charge is -2.11. The fourth-order valence-electron chi connectivity index (χ4n) is 2.47. The highest BCUT2D eigenvalue weighted by Gasteiger charge is 2.27. The molecule has 0 spiro atoms. The molecular formula is C15H16ClN5O2. The van der Waals surface area contributed by atoms with Crippen molar-refractivity contribution in [2.45, 2.75) is 32.7 Å². The van der Waals surface area contributed by atoms with Crippen molar-refractivity contribution in [3.63, 3.8) is 0 Å². The summed E-state index contributed by atoms with van der Waals surface area (Å²) in [6.45, 7) is 3.69. The Morgan fingerprint density at radius 3 is 2.74 bits per heavy atom. The van der Waals surface area contributed by atoms with Gasteiger partial charge in [-0.3, -0.25) is 9.59 Å². The van der Waals surface area contributed by atoms with E-state index in [9.17, 15) is 9.59 Å². The number of anilines is 1. The largest absolute Gasteiger partial charge is 0.344 e. The first kappa shape index (κ1) is 15.5. The standard InChI is InChI=1S/C15H16ClN5O2/c1-8-14(16)9(2)21(20-8)12-5-3-10(7-17-12)18-15(23)11-4-6-13(22)19-11/h3,5,7,11H,4,6H2,1-2H3,(H,18,23)(H,19,22)/t11-/m0/s1. The van der Waals surface area contributed by atoms with Crippen molar-refractivity contribution in [2.24, 2.45) is 0 Å². The minimum Gasteiger partial charge on any atom is -0.344 e. The Kier molecular flexibility index (Phi) is 4.04. The monoisotopic (exact) mass is 333 g/mol. The highest BCUT2D eigenvalue weighted by atomic mass is 35.5. The van der Waals surface area contributed by atoms with E-state index in [4.69, 9.17) is 11.6 Å². The molecule has 1 saturated heterocycles. The number of hydrogen-bond donors (Lipinski definition) is 2. The van der Waals surface area contributed by atoms with Gasteiger partial charge in [0.25, 0.3) is 0 Å². The van der Waals surface area contributed by atoms with Crippen molar-refractivity contribution in [2.75, 3.05) is 5.32 Å². The molecule has 1 fully saturated rings. The Balaban J connectivity index is 1.73. The topological polar surface area (TPSA) is 88.9 Å². The van der Waals surface area contributed by atoms with E-state index in [1.54, 1.807) is 23.0 Å². The Bertz CT molecular complexity index is 769. The van der Waals surface area contributed by atoms with Gasteiger partial charge in [0, 0.05) is 6.42 Å². The molecular weight excluding hydrogens is 318 g/mol. The van der Waals surface area contributed by atoms with E-state index in [1.807, 2.05) is 13.8 Å². The van der Waals surface area contributed by atoms with Crippen LogP contribution < -0.4 is 10.6 Å². The lowest BCUT2D eigenvalue weighted by Crippen LogP contribution is -2.37. The van der Waals surface area contributed by atoms with Crippen LogP contribution in [0.5, 0.6) is 0 Å². The number of nitrogens with zero attached hydrogens (tertiary/aromatic N) is 3. The molecule has 0 radical (unpaired) electrons. The van der Waals surface area contributed by atoms with Gasteiger partial charge in [-0.1, -0.05) is 11.6 Å². The molecule has 0 saturated carbocycles. The first-order chi connectivity index (χ1) is 11.0. The molecule has 2 aromatic rings. The number of carbonyl (C=O) groups excluding carboxylic acids is 2. The zero-order valence-electron chi connectivity index (χ0n) is 12.8. The van der Waals surface area contributed by atoms with Gasteiger partial charge in [-0.15, -0.1) is 0 Å². The van der Waals surface area contributed by atoms with E-state index in [0.717, 1.165) is 11.4 Å². The molecule has 1 aliphatic heterocycles. The van der Waals surface area contributed by atoms with Gasteiger partial charge >= 0.3 is 0 Å². The summed E-state index contributed by atoms with van der Waals surface area (Å²) in [5, 5.41) is 10.3. The molecule has 3 heterocycles. The van der Waals surface area contributed by atoms with Crippen molar-refractivity contribution < 1.29 is 9.59 Å². The first-order valence-corrected chi connectivity index (χ1v) is 7.62. The van der Waals surface area contributed by atoms with Gasteiger partial charge in [-0.2, -0.15) is 5.10 Å². The van der Waals surface area contributed by atoms with E-state index >= 15 is 0 Å². The average Bonchev–Trinajstić information content (AvgIpc) is 3.08.